The van der Waals surface area contributed by atoms with Gasteiger partial charge >= 0.3 is 0 Å². The lowest BCUT2D eigenvalue weighted by Gasteiger charge is -2.02. The van der Waals surface area contributed by atoms with Crippen molar-refractivity contribution in [3.05, 3.63) is 52.6 Å². The van der Waals surface area contributed by atoms with Gasteiger partial charge in [-0.2, -0.15) is 0 Å². The summed E-state index contributed by atoms with van der Waals surface area (Å²) in [6, 6.07) is 6.37. The molecule has 4 heteroatoms. The van der Waals surface area contributed by atoms with Crippen molar-refractivity contribution in [2.24, 2.45) is 0 Å². The van der Waals surface area contributed by atoms with Crippen LogP contribution in [0.15, 0.2) is 24.3 Å². The fourth-order valence-electron chi connectivity index (χ4n) is 2.44. The van der Waals surface area contributed by atoms with E-state index in [1.165, 1.54) is 6.07 Å². The van der Waals surface area contributed by atoms with E-state index in [9.17, 15) is 8.78 Å². The number of imidazole rings is 1. The molecule has 0 fully saturated rings. The molecule has 0 amide bonds. The third-order valence-corrected chi connectivity index (χ3v) is 3.42. The van der Waals surface area contributed by atoms with Gasteiger partial charge in [0.2, 0.25) is 0 Å². The van der Waals surface area contributed by atoms with Crippen molar-refractivity contribution in [2.75, 3.05) is 0 Å². The highest BCUT2D eigenvalue weighted by atomic mass is 19.1. The number of nitrogens with one attached hydrogen (secondary N) is 1. The van der Waals surface area contributed by atoms with Crippen LogP contribution in [0.5, 0.6) is 0 Å². The maximum absolute atomic E-state index is 13.9. The van der Waals surface area contributed by atoms with Crippen LogP contribution in [0.4, 0.5) is 8.78 Å². The van der Waals surface area contributed by atoms with Crippen LogP contribution in [0.3, 0.4) is 0 Å². The fraction of sp³-hybridized carbons (Fsp3) is 0.188. The second-order valence-corrected chi connectivity index (χ2v) is 5.14. The maximum atomic E-state index is 13.9. The van der Waals surface area contributed by atoms with Crippen LogP contribution in [0.1, 0.15) is 16.7 Å². The molecule has 3 aromatic rings. The third-order valence-electron chi connectivity index (χ3n) is 3.42. The molecule has 0 bridgehead atoms. The highest BCUT2D eigenvalue weighted by Gasteiger charge is 2.14. The zero-order valence-electron chi connectivity index (χ0n) is 11.5. The van der Waals surface area contributed by atoms with E-state index < -0.39 is 11.6 Å². The Bertz CT molecular complexity index is 819. The van der Waals surface area contributed by atoms with Crippen LogP contribution in [0, 0.1) is 32.4 Å². The van der Waals surface area contributed by atoms with Crippen LogP contribution in [-0.4, -0.2) is 9.97 Å². The van der Waals surface area contributed by atoms with Gasteiger partial charge in [-0.05, 0) is 49.6 Å². The molecule has 0 unspecified atom stereocenters. The van der Waals surface area contributed by atoms with Gasteiger partial charge < -0.3 is 4.98 Å². The van der Waals surface area contributed by atoms with Crippen LogP contribution < -0.4 is 0 Å². The minimum absolute atomic E-state index is 0.289. The predicted molar refractivity (Wildman–Crippen MR) is 75.7 cm³/mol. The minimum Gasteiger partial charge on any atom is -0.338 e. The summed E-state index contributed by atoms with van der Waals surface area (Å²) in [5.41, 5.74) is 4.50. The second-order valence-electron chi connectivity index (χ2n) is 5.14. The van der Waals surface area contributed by atoms with Crippen molar-refractivity contribution < 1.29 is 8.78 Å². The first-order chi connectivity index (χ1) is 9.45. The van der Waals surface area contributed by atoms with Gasteiger partial charge in [0.1, 0.15) is 17.5 Å². The Labute approximate surface area is 115 Å². The highest BCUT2D eigenvalue weighted by molar-refractivity contribution is 5.83. The quantitative estimate of drug-likeness (QED) is 0.697. The van der Waals surface area contributed by atoms with E-state index in [0.717, 1.165) is 28.2 Å². The lowest BCUT2D eigenvalue weighted by Crippen LogP contribution is -1.91. The molecule has 0 spiro atoms. The van der Waals surface area contributed by atoms with Crippen LogP contribution in [0.25, 0.3) is 22.4 Å². The van der Waals surface area contributed by atoms with E-state index in [4.69, 9.17) is 0 Å². The van der Waals surface area contributed by atoms with Gasteiger partial charge in [0.25, 0.3) is 0 Å². The van der Waals surface area contributed by atoms with Gasteiger partial charge in [-0.1, -0.05) is 6.07 Å². The number of aromatic nitrogens is 2. The van der Waals surface area contributed by atoms with Gasteiger partial charge in [0, 0.05) is 6.07 Å². The maximum Gasteiger partial charge on any atom is 0.141 e. The monoisotopic (exact) mass is 272 g/mol. The first-order valence-corrected chi connectivity index (χ1v) is 6.38. The molecule has 0 saturated carbocycles. The Hall–Kier alpha value is -2.23. The molecule has 1 heterocycles. The standard InChI is InChI=1S/C16H14F2N2/c1-8-4-10(3)15-14(5-8)19-16(20-15)11-6-9(2)12(17)7-13(11)18/h4-7H,1-3H3,(H,19,20). The van der Waals surface area contributed by atoms with E-state index in [2.05, 4.69) is 9.97 Å². The average Bonchev–Trinajstić information content (AvgIpc) is 2.77. The van der Waals surface area contributed by atoms with E-state index in [1.807, 2.05) is 26.0 Å². The normalized spacial score (nSPS) is 11.2. The third kappa shape index (κ3) is 1.97. The molecule has 20 heavy (non-hydrogen) atoms. The average molecular weight is 272 g/mol. The summed E-state index contributed by atoms with van der Waals surface area (Å²) in [5.74, 6) is -0.731. The topological polar surface area (TPSA) is 28.7 Å². The number of hydrogen-bond donors (Lipinski definition) is 1. The molecule has 1 N–H and O–H groups in total. The Balaban J connectivity index is 2.25. The Kier molecular flexibility index (Phi) is 2.82. The van der Waals surface area contributed by atoms with Crippen molar-refractivity contribution in [1.29, 1.82) is 0 Å². The Morgan fingerprint density at radius 3 is 2.40 bits per heavy atom. The number of rotatable bonds is 1. The van der Waals surface area contributed by atoms with Gasteiger partial charge in [0.15, 0.2) is 0 Å². The summed E-state index contributed by atoms with van der Waals surface area (Å²) in [5, 5.41) is 0. The van der Waals surface area contributed by atoms with E-state index in [1.54, 1.807) is 6.92 Å². The molecule has 102 valence electrons. The molecule has 0 saturated heterocycles. The molecule has 0 aliphatic rings. The summed E-state index contributed by atoms with van der Waals surface area (Å²) < 4.78 is 27.3. The van der Waals surface area contributed by atoms with Crippen molar-refractivity contribution in [3.8, 4) is 11.4 Å². The smallest absolute Gasteiger partial charge is 0.141 e. The molecule has 0 radical (unpaired) electrons. The number of hydrogen-bond acceptors (Lipinski definition) is 1. The van der Waals surface area contributed by atoms with Gasteiger partial charge in [-0.25, -0.2) is 13.8 Å². The first kappa shape index (κ1) is 12.8. The molecule has 1 aromatic heterocycles. The van der Waals surface area contributed by atoms with Crippen molar-refractivity contribution in [3.63, 3.8) is 0 Å². The largest absolute Gasteiger partial charge is 0.338 e. The van der Waals surface area contributed by atoms with Crippen molar-refractivity contribution >= 4 is 11.0 Å². The van der Waals surface area contributed by atoms with Crippen LogP contribution >= 0.6 is 0 Å². The molecule has 0 aliphatic carbocycles. The lowest BCUT2D eigenvalue weighted by molar-refractivity contribution is 0.579. The van der Waals surface area contributed by atoms with Gasteiger partial charge in [-0.3, -0.25) is 0 Å². The van der Waals surface area contributed by atoms with E-state index in [0.29, 0.717) is 11.4 Å². The minimum atomic E-state index is -0.610. The van der Waals surface area contributed by atoms with E-state index >= 15 is 0 Å². The number of halogens is 2. The van der Waals surface area contributed by atoms with Gasteiger partial charge in [0.05, 0.1) is 16.6 Å². The molecule has 3 rings (SSSR count). The molecule has 0 aliphatic heterocycles. The lowest BCUT2D eigenvalue weighted by atomic mass is 10.1. The van der Waals surface area contributed by atoms with Gasteiger partial charge in [-0.15, -0.1) is 0 Å². The molecule has 2 nitrogen and oxygen atoms in total. The van der Waals surface area contributed by atoms with Crippen LogP contribution in [-0.2, 0) is 0 Å². The summed E-state index contributed by atoms with van der Waals surface area (Å²) in [4.78, 5) is 7.54. The predicted octanol–water partition coefficient (Wildman–Crippen LogP) is 4.43. The Morgan fingerprint density at radius 1 is 0.900 bits per heavy atom. The number of aromatic amines is 1. The number of nitrogens with zero attached hydrogens (tertiary/aromatic N) is 1. The highest BCUT2D eigenvalue weighted by Crippen LogP contribution is 2.27. The van der Waals surface area contributed by atoms with Crippen molar-refractivity contribution in [2.45, 2.75) is 20.8 Å². The molecular formula is C16H14F2N2. The SMILES string of the molecule is Cc1cc(C)c2nc(-c3cc(C)c(F)cc3F)[nH]c2c1. The number of H-pyrrole nitrogens is 1. The first-order valence-electron chi connectivity index (χ1n) is 6.38. The zero-order chi connectivity index (χ0) is 14.4. The summed E-state index contributed by atoms with van der Waals surface area (Å²) in [6.07, 6.45) is 0. The summed E-state index contributed by atoms with van der Waals surface area (Å²) in [7, 11) is 0. The Morgan fingerprint density at radius 2 is 1.65 bits per heavy atom. The summed E-state index contributed by atoms with van der Waals surface area (Å²) >= 11 is 0. The zero-order valence-corrected chi connectivity index (χ0v) is 11.5. The number of aryl methyl sites for hydroxylation is 3. The second kappa shape index (κ2) is 4.40. The molecule has 2 aromatic carbocycles. The van der Waals surface area contributed by atoms with Crippen LogP contribution in [0.2, 0.25) is 0 Å². The summed E-state index contributed by atoms with van der Waals surface area (Å²) in [6.45, 7) is 5.57. The molecular weight excluding hydrogens is 258 g/mol. The number of fused-ring (bicyclic) bond motifs is 1. The van der Waals surface area contributed by atoms with E-state index in [-0.39, 0.29) is 5.56 Å². The number of benzene rings is 2. The molecule has 0 atom stereocenters. The van der Waals surface area contributed by atoms with Crippen molar-refractivity contribution in [1.82, 2.24) is 9.97 Å². The fourth-order valence-corrected chi connectivity index (χ4v) is 2.44.